The Hall–Kier alpha value is -1.06. The van der Waals surface area contributed by atoms with E-state index in [4.69, 9.17) is 10.2 Å². The second-order valence-electron chi connectivity index (χ2n) is 4.46. The molecule has 2 N–H and O–H groups in total. The van der Waals surface area contributed by atoms with E-state index < -0.39 is 22.8 Å². The molecule has 4 heteroatoms. The number of rotatable bonds is 3. The zero-order valence-electron chi connectivity index (χ0n) is 8.42. The van der Waals surface area contributed by atoms with Crippen molar-refractivity contribution >= 4 is 11.9 Å². The summed E-state index contributed by atoms with van der Waals surface area (Å²) < 4.78 is 0. The van der Waals surface area contributed by atoms with E-state index in [2.05, 4.69) is 0 Å². The zero-order valence-corrected chi connectivity index (χ0v) is 8.42. The van der Waals surface area contributed by atoms with Crippen LogP contribution in [0.3, 0.4) is 0 Å². The molecule has 0 aromatic heterocycles. The van der Waals surface area contributed by atoms with Crippen LogP contribution in [0.5, 0.6) is 0 Å². The molecule has 1 atom stereocenters. The Bertz CT molecular complexity index is 226. The summed E-state index contributed by atoms with van der Waals surface area (Å²) in [6.45, 7) is 6.64. The second-order valence-corrected chi connectivity index (χ2v) is 4.46. The number of carboxylic acid groups (broad SMARTS) is 2. The zero-order chi connectivity index (χ0) is 10.9. The van der Waals surface area contributed by atoms with E-state index in [1.54, 1.807) is 20.8 Å². The Morgan fingerprint density at radius 3 is 1.54 bits per heavy atom. The van der Waals surface area contributed by atoms with Gasteiger partial charge in [0.25, 0.3) is 0 Å². The lowest BCUT2D eigenvalue weighted by molar-refractivity contribution is -0.161. The molecule has 0 spiro atoms. The van der Waals surface area contributed by atoms with Crippen molar-refractivity contribution in [1.29, 1.82) is 0 Å². The Kier molecular flexibility index (Phi) is 3.08. The van der Waals surface area contributed by atoms with E-state index >= 15 is 0 Å². The smallest absolute Gasteiger partial charge is 0.310 e. The fraction of sp³-hybridized carbons (Fsp3) is 0.778. The quantitative estimate of drug-likeness (QED) is 0.705. The Morgan fingerprint density at radius 1 is 1.08 bits per heavy atom. The van der Waals surface area contributed by atoms with Gasteiger partial charge in [-0.2, -0.15) is 0 Å². The van der Waals surface area contributed by atoms with Gasteiger partial charge in [0, 0.05) is 0 Å². The van der Waals surface area contributed by atoms with E-state index in [-0.39, 0.29) is 6.42 Å². The average molecular weight is 188 g/mol. The molecule has 0 aliphatic heterocycles. The van der Waals surface area contributed by atoms with Crippen molar-refractivity contribution in [3.63, 3.8) is 0 Å². The number of aliphatic carboxylic acids is 2. The van der Waals surface area contributed by atoms with Crippen LogP contribution in [0, 0.1) is 10.8 Å². The first-order chi connectivity index (χ1) is 5.61. The van der Waals surface area contributed by atoms with Crippen molar-refractivity contribution in [3.05, 3.63) is 0 Å². The van der Waals surface area contributed by atoms with Crippen molar-refractivity contribution in [3.8, 4) is 0 Å². The first-order valence-electron chi connectivity index (χ1n) is 4.06. The summed E-state index contributed by atoms with van der Waals surface area (Å²) in [7, 11) is 0. The summed E-state index contributed by atoms with van der Waals surface area (Å²) in [5.74, 6) is -2.15. The molecule has 0 amide bonds. The normalized spacial score (nSPS) is 16.3. The van der Waals surface area contributed by atoms with Crippen LogP contribution in [0.15, 0.2) is 0 Å². The molecular weight excluding hydrogens is 172 g/mol. The topological polar surface area (TPSA) is 74.6 Å². The standard InChI is InChI=1S/C9H16O4/c1-8(2,3)9(4,7(12)13)5-6(10)11/h5H2,1-4H3,(H,10,11)(H,12,13). The third kappa shape index (κ3) is 2.44. The Labute approximate surface area is 77.6 Å². The van der Waals surface area contributed by atoms with Crippen LogP contribution in [0.4, 0.5) is 0 Å². The molecule has 0 saturated carbocycles. The molecule has 0 saturated heterocycles. The van der Waals surface area contributed by atoms with Crippen LogP contribution in [-0.2, 0) is 9.59 Å². The van der Waals surface area contributed by atoms with Gasteiger partial charge in [0.05, 0.1) is 11.8 Å². The molecule has 0 heterocycles. The van der Waals surface area contributed by atoms with Gasteiger partial charge in [0.15, 0.2) is 0 Å². The average Bonchev–Trinajstić information content (AvgIpc) is 1.82. The maximum absolute atomic E-state index is 10.9. The van der Waals surface area contributed by atoms with Gasteiger partial charge < -0.3 is 10.2 Å². The highest BCUT2D eigenvalue weighted by molar-refractivity contribution is 5.81. The maximum Gasteiger partial charge on any atom is 0.310 e. The lowest BCUT2D eigenvalue weighted by Crippen LogP contribution is -2.42. The van der Waals surface area contributed by atoms with Gasteiger partial charge in [-0.3, -0.25) is 9.59 Å². The summed E-state index contributed by atoms with van der Waals surface area (Å²) >= 11 is 0. The van der Waals surface area contributed by atoms with Gasteiger partial charge in [-0.1, -0.05) is 20.8 Å². The second kappa shape index (κ2) is 3.36. The van der Waals surface area contributed by atoms with Gasteiger partial charge in [0.2, 0.25) is 0 Å². The van der Waals surface area contributed by atoms with Crippen LogP contribution < -0.4 is 0 Å². The molecule has 0 fully saturated rings. The molecule has 0 bridgehead atoms. The van der Waals surface area contributed by atoms with E-state index in [0.717, 1.165) is 0 Å². The molecule has 0 aromatic rings. The first-order valence-corrected chi connectivity index (χ1v) is 4.06. The minimum Gasteiger partial charge on any atom is -0.481 e. The van der Waals surface area contributed by atoms with Crippen molar-refractivity contribution in [2.45, 2.75) is 34.1 Å². The fourth-order valence-electron chi connectivity index (χ4n) is 0.964. The summed E-state index contributed by atoms with van der Waals surface area (Å²) in [5, 5.41) is 17.6. The Balaban J connectivity index is 4.96. The molecule has 0 rings (SSSR count). The SMILES string of the molecule is CC(C)(C)C(C)(CC(=O)O)C(=O)O. The van der Waals surface area contributed by atoms with Crippen molar-refractivity contribution in [2.75, 3.05) is 0 Å². The van der Waals surface area contributed by atoms with Crippen molar-refractivity contribution in [2.24, 2.45) is 10.8 Å². The first kappa shape index (κ1) is 11.9. The van der Waals surface area contributed by atoms with Crippen LogP contribution >= 0.6 is 0 Å². The van der Waals surface area contributed by atoms with Crippen LogP contribution in [0.2, 0.25) is 0 Å². The predicted octanol–water partition coefficient (Wildman–Crippen LogP) is 1.60. The van der Waals surface area contributed by atoms with Gasteiger partial charge in [0.1, 0.15) is 0 Å². The molecule has 4 nitrogen and oxygen atoms in total. The molecule has 0 aliphatic rings. The third-order valence-electron chi connectivity index (χ3n) is 2.63. The highest BCUT2D eigenvalue weighted by Crippen LogP contribution is 2.41. The monoisotopic (exact) mass is 188 g/mol. The summed E-state index contributed by atoms with van der Waals surface area (Å²) in [6.07, 6.45) is -0.355. The molecular formula is C9H16O4. The lowest BCUT2D eigenvalue weighted by Gasteiger charge is -2.36. The van der Waals surface area contributed by atoms with Gasteiger partial charge in [-0.05, 0) is 12.3 Å². The summed E-state index contributed by atoms with van der Waals surface area (Å²) in [6, 6.07) is 0. The Morgan fingerprint density at radius 2 is 1.46 bits per heavy atom. The minimum absolute atomic E-state index is 0.355. The van der Waals surface area contributed by atoms with Crippen molar-refractivity contribution < 1.29 is 19.8 Å². The van der Waals surface area contributed by atoms with E-state index in [9.17, 15) is 9.59 Å². The number of hydrogen-bond acceptors (Lipinski definition) is 2. The van der Waals surface area contributed by atoms with Crippen LogP contribution in [0.1, 0.15) is 34.1 Å². The molecule has 0 aliphatic carbocycles. The molecule has 13 heavy (non-hydrogen) atoms. The predicted molar refractivity (Wildman–Crippen MR) is 47.5 cm³/mol. The number of carboxylic acids is 2. The number of hydrogen-bond donors (Lipinski definition) is 2. The molecule has 1 unspecified atom stereocenters. The highest BCUT2D eigenvalue weighted by atomic mass is 16.4. The van der Waals surface area contributed by atoms with E-state index in [1.165, 1.54) is 6.92 Å². The molecule has 0 aromatic carbocycles. The van der Waals surface area contributed by atoms with Crippen molar-refractivity contribution in [1.82, 2.24) is 0 Å². The maximum atomic E-state index is 10.9. The molecule has 76 valence electrons. The summed E-state index contributed by atoms with van der Waals surface area (Å²) in [5.41, 5.74) is -1.80. The van der Waals surface area contributed by atoms with Gasteiger partial charge in [-0.25, -0.2) is 0 Å². The third-order valence-corrected chi connectivity index (χ3v) is 2.63. The van der Waals surface area contributed by atoms with Crippen LogP contribution in [-0.4, -0.2) is 22.2 Å². The highest BCUT2D eigenvalue weighted by Gasteiger charge is 2.46. The van der Waals surface area contributed by atoms with E-state index in [0.29, 0.717) is 0 Å². The minimum atomic E-state index is -1.22. The largest absolute Gasteiger partial charge is 0.481 e. The van der Waals surface area contributed by atoms with E-state index in [1.807, 2.05) is 0 Å². The fourth-order valence-corrected chi connectivity index (χ4v) is 0.964. The summed E-state index contributed by atoms with van der Waals surface area (Å²) in [4.78, 5) is 21.4. The molecule has 0 radical (unpaired) electrons. The van der Waals surface area contributed by atoms with Gasteiger partial charge in [-0.15, -0.1) is 0 Å². The number of carbonyl (C=O) groups is 2. The van der Waals surface area contributed by atoms with Crippen LogP contribution in [0.25, 0.3) is 0 Å². The lowest BCUT2D eigenvalue weighted by atomic mass is 9.66. The van der Waals surface area contributed by atoms with Gasteiger partial charge >= 0.3 is 11.9 Å².